The van der Waals surface area contributed by atoms with E-state index in [2.05, 4.69) is 17.3 Å². The van der Waals surface area contributed by atoms with E-state index < -0.39 is 0 Å². The predicted molar refractivity (Wildman–Crippen MR) is 102 cm³/mol. The van der Waals surface area contributed by atoms with Crippen molar-refractivity contribution in [2.75, 3.05) is 0 Å². The van der Waals surface area contributed by atoms with Crippen molar-refractivity contribution < 1.29 is 4.79 Å². The summed E-state index contributed by atoms with van der Waals surface area (Å²) in [5.74, 6) is 1.32. The molecule has 1 heterocycles. The molecule has 1 unspecified atom stereocenters. The molecule has 5 heteroatoms. The molecule has 5 nitrogen and oxygen atoms in total. The van der Waals surface area contributed by atoms with E-state index in [1.165, 1.54) is 23.9 Å². The SMILES string of the molecule is CCCCCn1nc(C(=O)NC2CCC[C@H]3C[C@@H]23)c2ccccc2c1=O. The number of aromatic nitrogens is 2. The Morgan fingerprint density at radius 3 is 2.85 bits per heavy atom. The van der Waals surface area contributed by atoms with Crippen molar-refractivity contribution in [2.45, 2.75) is 64.5 Å². The fraction of sp³-hybridized carbons (Fsp3) is 0.571. The Kier molecular flexibility index (Phi) is 4.79. The van der Waals surface area contributed by atoms with Crippen LogP contribution >= 0.6 is 0 Å². The molecule has 2 aliphatic carbocycles. The average Bonchev–Trinajstić information content (AvgIpc) is 3.44. The third-order valence-corrected chi connectivity index (χ3v) is 5.96. The number of aryl methyl sites for hydroxylation is 1. The first-order valence-electron chi connectivity index (χ1n) is 9.99. The number of hydrogen-bond acceptors (Lipinski definition) is 3. The van der Waals surface area contributed by atoms with Crippen LogP contribution in [-0.4, -0.2) is 21.7 Å². The fourth-order valence-corrected chi connectivity index (χ4v) is 4.39. The van der Waals surface area contributed by atoms with Crippen molar-refractivity contribution in [3.05, 3.63) is 40.3 Å². The summed E-state index contributed by atoms with van der Waals surface area (Å²) in [6.07, 6.45) is 7.83. The molecule has 0 spiro atoms. The first kappa shape index (κ1) is 17.3. The molecular formula is C21H27N3O2. The minimum atomic E-state index is -0.136. The molecule has 26 heavy (non-hydrogen) atoms. The van der Waals surface area contributed by atoms with Crippen molar-refractivity contribution in [1.82, 2.24) is 15.1 Å². The Morgan fingerprint density at radius 2 is 2.04 bits per heavy atom. The van der Waals surface area contributed by atoms with Crippen molar-refractivity contribution in [2.24, 2.45) is 11.8 Å². The summed E-state index contributed by atoms with van der Waals surface area (Å²) < 4.78 is 1.48. The summed E-state index contributed by atoms with van der Waals surface area (Å²) in [6.45, 7) is 2.69. The van der Waals surface area contributed by atoms with Crippen LogP contribution in [0.25, 0.3) is 10.8 Å². The Bertz CT molecular complexity index is 873. The van der Waals surface area contributed by atoms with Gasteiger partial charge in [0.05, 0.1) is 5.39 Å². The maximum Gasteiger partial charge on any atom is 0.274 e. The number of fused-ring (bicyclic) bond motifs is 2. The minimum Gasteiger partial charge on any atom is -0.348 e. The normalized spacial score (nSPS) is 24.3. The Balaban J connectivity index is 1.65. The second kappa shape index (κ2) is 7.22. The van der Waals surface area contributed by atoms with Crippen LogP contribution in [0, 0.1) is 11.8 Å². The Labute approximate surface area is 153 Å². The van der Waals surface area contributed by atoms with E-state index in [4.69, 9.17) is 0 Å². The monoisotopic (exact) mass is 353 g/mol. The van der Waals surface area contributed by atoms with E-state index in [1.54, 1.807) is 6.07 Å². The van der Waals surface area contributed by atoms with Crippen LogP contribution in [0.15, 0.2) is 29.1 Å². The van der Waals surface area contributed by atoms with Gasteiger partial charge in [-0.25, -0.2) is 4.68 Å². The molecule has 0 saturated heterocycles. The van der Waals surface area contributed by atoms with E-state index in [9.17, 15) is 9.59 Å². The predicted octanol–water partition coefficient (Wildman–Crippen LogP) is 3.51. The second-order valence-electron chi connectivity index (χ2n) is 7.80. The van der Waals surface area contributed by atoms with Crippen LogP contribution in [0.4, 0.5) is 0 Å². The van der Waals surface area contributed by atoms with Crippen LogP contribution in [0.1, 0.15) is 62.4 Å². The molecule has 1 amide bonds. The highest BCUT2D eigenvalue weighted by Crippen LogP contribution is 2.49. The zero-order chi connectivity index (χ0) is 18.1. The van der Waals surface area contributed by atoms with Gasteiger partial charge in [0.25, 0.3) is 11.5 Å². The summed E-state index contributed by atoms with van der Waals surface area (Å²) in [4.78, 5) is 25.7. The van der Waals surface area contributed by atoms with Gasteiger partial charge in [0.15, 0.2) is 5.69 Å². The zero-order valence-corrected chi connectivity index (χ0v) is 15.4. The van der Waals surface area contributed by atoms with Crippen molar-refractivity contribution in [1.29, 1.82) is 0 Å². The van der Waals surface area contributed by atoms with E-state index in [-0.39, 0.29) is 17.5 Å². The van der Waals surface area contributed by atoms with Crippen LogP contribution in [-0.2, 0) is 6.54 Å². The number of nitrogens with zero attached hydrogens (tertiary/aromatic N) is 2. The number of unbranched alkanes of at least 4 members (excludes halogenated alkanes) is 2. The topological polar surface area (TPSA) is 64.0 Å². The summed E-state index contributed by atoms with van der Waals surface area (Å²) >= 11 is 0. The van der Waals surface area contributed by atoms with Gasteiger partial charge in [0.1, 0.15) is 0 Å². The van der Waals surface area contributed by atoms with Gasteiger partial charge in [0, 0.05) is 18.0 Å². The number of carbonyl (C=O) groups excluding carboxylic acids is 1. The number of benzene rings is 1. The molecule has 0 aliphatic heterocycles. The quantitative estimate of drug-likeness (QED) is 0.808. The maximum absolute atomic E-state index is 13.0. The Morgan fingerprint density at radius 1 is 1.23 bits per heavy atom. The molecule has 1 N–H and O–H groups in total. The van der Waals surface area contributed by atoms with E-state index in [0.717, 1.165) is 31.6 Å². The highest BCUT2D eigenvalue weighted by Gasteiger charge is 2.45. The number of carbonyl (C=O) groups is 1. The average molecular weight is 353 g/mol. The summed E-state index contributed by atoms with van der Waals surface area (Å²) in [5.41, 5.74) is 0.285. The highest BCUT2D eigenvalue weighted by molar-refractivity contribution is 6.04. The van der Waals surface area contributed by atoms with E-state index in [1.807, 2.05) is 18.2 Å². The van der Waals surface area contributed by atoms with Crippen molar-refractivity contribution >= 4 is 16.7 Å². The minimum absolute atomic E-state index is 0.104. The molecule has 1 aromatic carbocycles. The Hall–Kier alpha value is -2.17. The summed E-state index contributed by atoms with van der Waals surface area (Å²) in [5, 5.41) is 8.92. The van der Waals surface area contributed by atoms with Gasteiger partial charge in [-0.15, -0.1) is 0 Å². The van der Waals surface area contributed by atoms with Gasteiger partial charge in [-0.2, -0.15) is 5.10 Å². The third-order valence-electron chi connectivity index (χ3n) is 5.96. The number of hydrogen-bond donors (Lipinski definition) is 1. The van der Waals surface area contributed by atoms with Crippen LogP contribution in [0.2, 0.25) is 0 Å². The van der Waals surface area contributed by atoms with Gasteiger partial charge < -0.3 is 5.32 Å². The lowest BCUT2D eigenvalue weighted by Gasteiger charge is -2.22. The number of rotatable bonds is 6. The molecule has 2 fully saturated rings. The van der Waals surface area contributed by atoms with Crippen LogP contribution in [0.3, 0.4) is 0 Å². The second-order valence-corrected chi connectivity index (χ2v) is 7.80. The van der Waals surface area contributed by atoms with E-state index in [0.29, 0.717) is 28.9 Å². The summed E-state index contributed by atoms with van der Waals surface area (Å²) in [7, 11) is 0. The standard InChI is InChI=1S/C21H27N3O2/c1-2-3-6-12-24-21(26)16-10-5-4-9-15(16)19(23-24)20(25)22-18-11-7-8-14-13-17(14)18/h4-5,9-10,14,17-18H,2-3,6-8,11-13H2,1H3,(H,22,25)/t14-,17+,18?/m0/s1. The van der Waals surface area contributed by atoms with Gasteiger partial charge in [-0.1, -0.05) is 50.8 Å². The van der Waals surface area contributed by atoms with Crippen LogP contribution in [0.5, 0.6) is 0 Å². The molecule has 3 atom stereocenters. The molecule has 2 aromatic rings. The van der Waals surface area contributed by atoms with Gasteiger partial charge >= 0.3 is 0 Å². The van der Waals surface area contributed by atoms with E-state index >= 15 is 0 Å². The lowest BCUT2D eigenvalue weighted by Crippen LogP contribution is -2.39. The number of nitrogens with one attached hydrogen (secondary N) is 1. The van der Waals surface area contributed by atoms with Gasteiger partial charge in [0.2, 0.25) is 0 Å². The summed E-state index contributed by atoms with van der Waals surface area (Å²) in [6, 6.07) is 7.60. The molecule has 2 aliphatic rings. The largest absolute Gasteiger partial charge is 0.348 e. The van der Waals surface area contributed by atoms with Crippen molar-refractivity contribution in [3.63, 3.8) is 0 Å². The first-order valence-corrected chi connectivity index (χ1v) is 9.99. The molecule has 4 rings (SSSR count). The lowest BCUT2D eigenvalue weighted by molar-refractivity contribution is 0.0918. The first-order chi connectivity index (χ1) is 12.7. The van der Waals surface area contributed by atoms with Gasteiger partial charge in [-0.3, -0.25) is 9.59 Å². The molecule has 138 valence electrons. The smallest absolute Gasteiger partial charge is 0.274 e. The fourth-order valence-electron chi connectivity index (χ4n) is 4.39. The molecule has 1 aromatic heterocycles. The number of amides is 1. The lowest BCUT2D eigenvalue weighted by atomic mass is 9.95. The molecule has 2 saturated carbocycles. The zero-order valence-electron chi connectivity index (χ0n) is 15.4. The van der Waals surface area contributed by atoms with Crippen molar-refractivity contribution in [3.8, 4) is 0 Å². The molecular weight excluding hydrogens is 326 g/mol. The van der Waals surface area contributed by atoms with Crippen LogP contribution < -0.4 is 10.9 Å². The molecule has 0 radical (unpaired) electrons. The maximum atomic E-state index is 13.0. The highest BCUT2D eigenvalue weighted by atomic mass is 16.2. The molecule has 0 bridgehead atoms. The van der Waals surface area contributed by atoms with Gasteiger partial charge in [-0.05, 0) is 37.2 Å². The third kappa shape index (κ3) is 3.27.